The summed E-state index contributed by atoms with van der Waals surface area (Å²) in [4.78, 5) is 12.0. The first-order valence-electron chi connectivity index (χ1n) is 8.58. The van der Waals surface area contributed by atoms with Crippen molar-refractivity contribution in [2.75, 3.05) is 13.2 Å². The van der Waals surface area contributed by atoms with Crippen molar-refractivity contribution in [3.05, 3.63) is 84.4 Å². The summed E-state index contributed by atoms with van der Waals surface area (Å²) in [6, 6.07) is 17.8. The number of nitrogens with one attached hydrogen (secondary N) is 1. The molecule has 1 amide bonds. The van der Waals surface area contributed by atoms with Gasteiger partial charge in [-0.05, 0) is 60.5 Å². The zero-order chi connectivity index (χ0) is 18.2. The van der Waals surface area contributed by atoms with Gasteiger partial charge in [0, 0.05) is 24.6 Å². The van der Waals surface area contributed by atoms with E-state index < -0.39 is 0 Å². The van der Waals surface area contributed by atoms with Gasteiger partial charge in [-0.3, -0.25) is 4.79 Å². The number of halogens is 1. The zero-order valence-corrected chi connectivity index (χ0v) is 14.4. The van der Waals surface area contributed by atoms with Gasteiger partial charge < -0.3 is 14.6 Å². The van der Waals surface area contributed by atoms with E-state index in [1.165, 1.54) is 12.1 Å². The van der Waals surface area contributed by atoms with Gasteiger partial charge in [0.05, 0.1) is 13.0 Å². The lowest BCUT2D eigenvalue weighted by atomic mass is 10.1. The van der Waals surface area contributed by atoms with Crippen LogP contribution in [0, 0.1) is 5.82 Å². The van der Waals surface area contributed by atoms with E-state index >= 15 is 0 Å². The van der Waals surface area contributed by atoms with Crippen LogP contribution in [0.1, 0.15) is 12.0 Å². The summed E-state index contributed by atoms with van der Waals surface area (Å²) in [6.45, 7) is 1.01. The fourth-order valence-corrected chi connectivity index (χ4v) is 2.56. The van der Waals surface area contributed by atoms with E-state index in [9.17, 15) is 9.18 Å². The van der Waals surface area contributed by atoms with Crippen molar-refractivity contribution in [1.82, 2.24) is 9.88 Å². The third kappa shape index (κ3) is 5.21. The topological polar surface area (TPSA) is 43.3 Å². The minimum Gasteiger partial charge on any atom is -0.494 e. The zero-order valence-electron chi connectivity index (χ0n) is 14.4. The molecule has 5 heteroatoms. The van der Waals surface area contributed by atoms with Crippen molar-refractivity contribution < 1.29 is 13.9 Å². The summed E-state index contributed by atoms with van der Waals surface area (Å²) >= 11 is 0. The molecule has 0 atom stereocenters. The van der Waals surface area contributed by atoms with Crippen LogP contribution in [0.15, 0.2) is 73.1 Å². The van der Waals surface area contributed by atoms with Gasteiger partial charge in [0.15, 0.2) is 0 Å². The molecule has 0 aliphatic rings. The predicted octanol–water partition coefficient (Wildman–Crippen LogP) is 3.74. The molecule has 3 rings (SSSR count). The number of rotatable bonds is 8. The smallest absolute Gasteiger partial charge is 0.224 e. The number of nitrogens with zero attached hydrogens (tertiary/aromatic N) is 1. The largest absolute Gasteiger partial charge is 0.494 e. The summed E-state index contributed by atoms with van der Waals surface area (Å²) < 4.78 is 20.3. The van der Waals surface area contributed by atoms with Crippen LogP contribution in [0.3, 0.4) is 0 Å². The van der Waals surface area contributed by atoms with Crippen LogP contribution < -0.4 is 10.1 Å². The fraction of sp³-hybridized carbons (Fsp3) is 0.190. The van der Waals surface area contributed by atoms with Gasteiger partial charge in [-0.2, -0.15) is 0 Å². The molecule has 1 N–H and O–H groups in total. The SMILES string of the molecule is O=C(Cc1ccc(-n2cccc2)cc1)NCCCOc1ccc(F)cc1. The average molecular weight is 352 g/mol. The van der Waals surface area contributed by atoms with Crippen LogP contribution in [0.25, 0.3) is 5.69 Å². The van der Waals surface area contributed by atoms with Gasteiger partial charge in [0.2, 0.25) is 5.91 Å². The number of amides is 1. The summed E-state index contributed by atoms with van der Waals surface area (Å²) in [7, 11) is 0. The molecule has 0 unspecified atom stereocenters. The number of carbonyl (C=O) groups excluding carboxylic acids is 1. The second-order valence-electron chi connectivity index (χ2n) is 5.94. The molecular formula is C21H21FN2O2. The number of aromatic nitrogens is 1. The number of ether oxygens (including phenoxy) is 1. The lowest BCUT2D eigenvalue weighted by molar-refractivity contribution is -0.120. The second-order valence-corrected chi connectivity index (χ2v) is 5.94. The van der Waals surface area contributed by atoms with Crippen LogP contribution in [0.4, 0.5) is 4.39 Å². The van der Waals surface area contributed by atoms with Gasteiger partial charge >= 0.3 is 0 Å². The molecule has 4 nitrogen and oxygen atoms in total. The lowest BCUT2D eigenvalue weighted by Gasteiger charge is -2.08. The van der Waals surface area contributed by atoms with E-state index in [0.717, 1.165) is 11.3 Å². The summed E-state index contributed by atoms with van der Waals surface area (Å²) in [5, 5.41) is 2.88. The molecule has 1 aromatic heterocycles. The highest BCUT2D eigenvalue weighted by atomic mass is 19.1. The Morgan fingerprint density at radius 2 is 1.69 bits per heavy atom. The van der Waals surface area contributed by atoms with Crippen LogP contribution in [-0.2, 0) is 11.2 Å². The van der Waals surface area contributed by atoms with Gasteiger partial charge in [-0.15, -0.1) is 0 Å². The molecule has 0 fully saturated rings. The summed E-state index contributed by atoms with van der Waals surface area (Å²) in [6.07, 6.45) is 5.01. The van der Waals surface area contributed by atoms with Crippen LogP contribution >= 0.6 is 0 Å². The predicted molar refractivity (Wildman–Crippen MR) is 99.0 cm³/mol. The van der Waals surface area contributed by atoms with Gasteiger partial charge in [-0.1, -0.05) is 12.1 Å². The van der Waals surface area contributed by atoms with E-state index in [1.54, 1.807) is 12.1 Å². The second kappa shape index (κ2) is 8.85. The molecular weight excluding hydrogens is 331 g/mol. The third-order valence-corrected chi connectivity index (χ3v) is 3.93. The van der Waals surface area contributed by atoms with Crippen LogP contribution in [0.5, 0.6) is 5.75 Å². The Bertz CT molecular complexity index is 812. The highest BCUT2D eigenvalue weighted by Crippen LogP contribution is 2.12. The number of benzene rings is 2. The van der Waals surface area contributed by atoms with Gasteiger partial charge in [0.25, 0.3) is 0 Å². The van der Waals surface area contributed by atoms with Gasteiger partial charge in [-0.25, -0.2) is 4.39 Å². The van der Waals surface area contributed by atoms with Crippen LogP contribution in [0.2, 0.25) is 0 Å². The summed E-state index contributed by atoms with van der Waals surface area (Å²) in [5.41, 5.74) is 2.04. The molecule has 0 aliphatic carbocycles. The molecule has 26 heavy (non-hydrogen) atoms. The Balaban J connectivity index is 1.35. The van der Waals surface area contributed by atoms with E-state index in [1.807, 2.05) is 53.4 Å². The Morgan fingerprint density at radius 3 is 2.38 bits per heavy atom. The number of hydrogen-bond acceptors (Lipinski definition) is 2. The average Bonchev–Trinajstić information content (AvgIpc) is 3.18. The molecule has 0 bridgehead atoms. The Hall–Kier alpha value is -3.08. The third-order valence-electron chi connectivity index (χ3n) is 3.93. The normalized spacial score (nSPS) is 10.5. The molecule has 3 aromatic rings. The van der Waals surface area contributed by atoms with E-state index in [0.29, 0.717) is 31.7 Å². The van der Waals surface area contributed by atoms with Crippen molar-refractivity contribution in [1.29, 1.82) is 0 Å². The highest BCUT2D eigenvalue weighted by Gasteiger charge is 2.04. The maximum Gasteiger partial charge on any atom is 0.224 e. The van der Waals surface area contributed by atoms with Crippen molar-refractivity contribution in [2.24, 2.45) is 0 Å². The van der Waals surface area contributed by atoms with E-state index in [4.69, 9.17) is 4.74 Å². The molecule has 0 saturated carbocycles. The minimum absolute atomic E-state index is 0.0134. The van der Waals surface area contributed by atoms with Crippen molar-refractivity contribution in [3.8, 4) is 11.4 Å². The Labute approximate surface area is 152 Å². The van der Waals surface area contributed by atoms with Crippen molar-refractivity contribution >= 4 is 5.91 Å². The molecule has 134 valence electrons. The summed E-state index contributed by atoms with van der Waals surface area (Å²) in [5.74, 6) is 0.326. The fourth-order valence-electron chi connectivity index (χ4n) is 2.56. The number of hydrogen-bond donors (Lipinski definition) is 1. The first-order chi connectivity index (χ1) is 12.7. The Morgan fingerprint density at radius 1 is 1.00 bits per heavy atom. The highest BCUT2D eigenvalue weighted by molar-refractivity contribution is 5.78. The first-order valence-corrected chi connectivity index (χ1v) is 8.58. The lowest BCUT2D eigenvalue weighted by Crippen LogP contribution is -2.27. The molecule has 0 aliphatic heterocycles. The van der Waals surface area contributed by atoms with E-state index in [2.05, 4.69) is 5.32 Å². The van der Waals surface area contributed by atoms with Gasteiger partial charge in [0.1, 0.15) is 11.6 Å². The quantitative estimate of drug-likeness (QED) is 0.628. The molecule has 1 heterocycles. The Kier molecular flexibility index (Phi) is 6.04. The maximum absolute atomic E-state index is 12.8. The molecule has 2 aromatic carbocycles. The minimum atomic E-state index is -0.286. The van der Waals surface area contributed by atoms with Crippen molar-refractivity contribution in [3.63, 3.8) is 0 Å². The number of carbonyl (C=O) groups is 1. The van der Waals surface area contributed by atoms with Crippen molar-refractivity contribution in [2.45, 2.75) is 12.8 Å². The first kappa shape index (κ1) is 17.7. The monoisotopic (exact) mass is 352 g/mol. The standard InChI is InChI=1S/C21H21FN2O2/c22-18-6-10-20(11-7-18)26-15-3-12-23-21(25)16-17-4-8-19(9-5-17)24-13-1-2-14-24/h1-2,4-11,13-14H,3,12,15-16H2,(H,23,25). The molecule has 0 saturated heterocycles. The maximum atomic E-state index is 12.8. The van der Waals surface area contributed by atoms with Crippen LogP contribution in [-0.4, -0.2) is 23.6 Å². The molecule has 0 spiro atoms. The van der Waals surface area contributed by atoms with E-state index in [-0.39, 0.29) is 11.7 Å². The molecule has 0 radical (unpaired) electrons.